The van der Waals surface area contributed by atoms with Gasteiger partial charge in [-0.3, -0.25) is 10.1 Å². The molecule has 2 aromatic rings. The molecule has 0 bridgehead atoms. The summed E-state index contributed by atoms with van der Waals surface area (Å²) < 4.78 is 18.5. The van der Waals surface area contributed by atoms with E-state index in [-0.39, 0.29) is 11.6 Å². The zero-order valence-electron chi connectivity index (χ0n) is 9.98. The van der Waals surface area contributed by atoms with Crippen molar-refractivity contribution in [1.82, 2.24) is 0 Å². The molecule has 0 unspecified atom stereocenters. The lowest BCUT2D eigenvalue weighted by atomic mass is 10.2. The van der Waals surface area contributed by atoms with Crippen LogP contribution < -0.4 is 4.74 Å². The molecule has 0 fully saturated rings. The summed E-state index contributed by atoms with van der Waals surface area (Å²) in [6.07, 6.45) is 0. The molecular formula is C13H8Cl2FNO3. The van der Waals surface area contributed by atoms with Gasteiger partial charge in [-0.05, 0) is 24.3 Å². The van der Waals surface area contributed by atoms with Crippen LogP contribution in [0.5, 0.6) is 11.5 Å². The number of ether oxygens (including phenoxy) is 1. The average molecular weight is 316 g/mol. The highest BCUT2D eigenvalue weighted by molar-refractivity contribution is 6.30. The second-order valence-electron chi connectivity index (χ2n) is 3.86. The van der Waals surface area contributed by atoms with Crippen molar-refractivity contribution in [1.29, 1.82) is 0 Å². The van der Waals surface area contributed by atoms with E-state index in [4.69, 9.17) is 27.9 Å². The molecule has 2 aromatic carbocycles. The van der Waals surface area contributed by atoms with Gasteiger partial charge in [-0.15, -0.1) is 11.6 Å². The fourth-order valence-electron chi connectivity index (χ4n) is 1.57. The summed E-state index contributed by atoms with van der Waals surface area (Å²) in [5.74, 6) is -0.346. The van der Waals surface area contributed by atoms with Gasteiger partial charge in [0.2, 0.25) is 5.75 Å². The van der Waals surface area contributed by atoms with Crippen molar-refractivity contribution in [2.24, 2.45) is 0 Å². The maximum atomic E-state index is 13.1. The zero-order valence-corrected chi connectivity index (χ0v) is 11.5. The highest BCUT2D eigenvalue weighted by Crippen LogP contribution is 2.35. The van der Waals surface area contributed by atoms with E-state index in [1.165, 1.54) is 12.1 Å². The summed E-state index contributed by atoms with van der Waals surface area (Å²) in [5, 5.41) is 11.3. The van der Waals surface area contributed by atoms with Gasteiger partial charge >= 0.3 is 5.69 Å². The second-order valence-corrected chi connectivity index (χ2v) is 4.56. The van der Waals surface area contributed by atoms with Crippen molar-refractivity contribution >= 4 is 28.9 Å². The van der Waals surface area contributed by atoms with E-state index in [0.717, 1.165) is 12.1 Å². The Bertz CT molecular complexity index is 664. The summed E-state index contributed by atoms with van der Waals surface area (Å²) in [4.78, 5) is 10.2. The van der Waals surface area contributed by atoms with Crippen molar-refractivity contribution in [2.45, 2.75) is 5.88 Å². The lowest BCUT2D eigenvalue weighted by molar-refractivity contribution is -0.385. The van der Waals surface area contributed by atoms with Gasteiger partial charge in [0.25, 0.3) is 0 Å². The number of hydrogen-bond acceptors (Lipinski definition) is 3. The number of alkyl halides is 1. The Morgan fingerprint density at radius 3 is 2.60 bits per heavy atom. The zero-order chi connectivity index (χ0) is 14.7. The van der Waals surface area contributed by atoms with Gasteiger partial charge in [-0.2, -0.15) is 0 Å². The maximum Gasteiger partial charge on any atom is 0.314 e. The normalized spacial score (nSPS) is 10.3. The molecule has 0 aliphatic carbocycles. The quantitative estimate of drug-likeness (QED) is 0.457. The maximum absolute atomic E-state index is 13.1. The molecular weight excluding hydrogens is 308 g/mol. The topological polar surface area (TPSA) is 52.4 Å². The molecule has 0 aliphatic rings. The molecule has 0 saturated heterocycles. The van der Waals surface area contributed by atoms with Crippen LogP contribution in [0.3, 0.4) is 0 Å². The molecule has 0 spiro atoms. The fraction of sp³-hybridized carbons (Fsp3) is 0.0769. The Labute approximate surface area is 123 Å². The first kappa shape index (κ1) is 14.6. The van der Waals surface area contributed by atoms with Gasteiger partial charge in [0, 0.05) is 10.6 Å². The van der Waals surface area contributed by atoms with Crippen molar-refractivity contribution in [3.05, 3.63) is 62.9 Å². The number of benzene rings is 2. The lowest BCUT2D eigenvalue weighted by Crippen LogP contribution is -1.96. The van der Waals surface area contributed by atoms with E-state index in [9.17, 15) is 14.5 Å². The smallest absolute Gasteiger partial charge is 0.314 e. The minimum atomic E-state index is -0.719. The first-order valence-corrected chi connectivity index (χ1v) is 6.38. The highest BCUT2D eigenvalue weighted by Gasteiger charge is 2.18. The Kier molecular flexibility index (Phi) is 4.42. The van der Waals surface area contributed by atoms with Crippen molar-refractivity contribution in [3.8, 4) is 11.5 Å². The Morgan fingerprint density at radius 1 is 1.20 bits per heavy atom. The Balaban J connectivity index is 2.44. The molecule has 0 saturated carbocycles. The largest absolute Gasteiger partial charge is 0.450 e. The van der Waals surface area contributed by atoms with E-state index < -0.39 is 16.4 Å². The highest BCUT2D eigenvalue weighted by atomic mass is 35.5. The van der Waals surface area contributed by atoms with Crippen LogP contribution in [0.25, 0.3) is 0 Å². The van der Waals surface area contributed by atoms with Gasteiger partial charge in [-0.25, -0.2) is 4.39 Å². The number of nitro groups is 1. The lowest BCUT2D eigenvalue weighted by Gasteiger charge is -2.10. The first-order chi connectivity index (χ1) is 9.51. The summed E-state index contributed by atoms with van der Waals surface area (Å²) in [6.45, 7) is 0. The van der Waals surface area contributed by atoms with Gasteiger partial charge in [0.15, 0.2) is 0 Å². The molecule has 0 N–H and O–H groups in total. The number of halogens is 3. The predicted octanol–water partition coefficient (Wildman–Crippen LogP) is 4.92. The second kappa shape index (κ2) is 6.07. The third-order valence-electron chi connectivity index (χ3n) is 2.51. The van der Waals surface area contributed by atoms with Crippen LogP contribution in [-0.4, -0.2) is 4.92 Å². The van der Waals surface area contributed by atoms with Crippen LogP contribution in [0.1, 0.15) is 5.56 Å². The number of hydrogen-bond donors (Lipinski definition) is 0. The van der Waals surface area contributed by atoms with Gasteiger partial charge in [0.05, 0.1) is 16.9 Å². The van der Waals surface area contributed by atoms with Crippen molar-refractivity contribution in [2.75, 3.05) is 0 Å². The third kappa shape index (κ3) is 3.18. The summed E-state index contributed by atoms with van der Waals surface area (Å²) >= 11 is 11.6. The molecule has 20 heavy (non-hydrogen) atoms. The molecule has 0 aromatic heterocycles. The van der Waals surface area contributed by atoms with Crippen LogP contribution in [0.4, 0.5) is 10.1 Å². The molecule has 0 amide bonds. The molecule has 0 radical (unpaired) electrons. The number of rotatable bonds is 4. The average Bonchev–Trinajstić information content (AvgIpc) is 2.41. The SMILES string of the molecule is O=[N+]([O-])c1cc(F)ccc1Oc1cc(Cl)ccc1CCl. The minimum Gasteiger partial charge on any atom is -0.450 e. The monoisotopic (exact) mass is 315 g/mol. The van der Waals surface area contributed by atoms with E-state index in [1.54, 1.807) is 12.1 Å². The van der Waals surface area contributed by atoms with E-state index in [2.05, 4.69) is 0 Å². The molecule has 2 rings (SSSR count). The molecule has 0 heterocycles. The van der Waals surface area contributed by atoms with Crippen LogP contribution >= 0.6 is 23.2 Å². The van der Waals surface area contributed by atoms with Crippen LogP contribution in [0, 0.1) is 15.9 Å². The molecule has 0 atom stereocenters. The summed E-state index contributed by atoms with van der Waals surface area (Å²) in [6, 6.07) is 7.83. The first-order valence-electron chi connectivity index (χ1n) is 5.47. The van der Waals surface area contributed by atoms with Crippen molar-refractivity contribution in [3.63, 3.8) is 0 Å². The van der Waals surface area contributed by atoms with Gasteiger partial charge in [0.1, 0.15) is 11.6 Å². The minimum absolute atomic E-state index is 0.0787. The summed E-state index contributed by atoms with van der Waals surface area (Å²) in [5.41, 5.74) is 0.153. The third-order valence-corrected chi connectivity index (χ3v) is 3.03. The van der Waals surface area contributed by atoms with Gasteiger partial charge < -0.3 is 4.74 Å². The van der Waals surface area contributed by atoms with E-state index >= 15 is 0 Å². The standard InChI is InChI=1S/C13H8Cl2FNO3/c14-7-8-1-2-9(15)5-13(8)20-12-4-3-10(16)6-11(12)17(18)19/h1-6H,7H2. The van der Waals surface area contributed by atoms with Crippen molar-refractivity contribution < 1.29 is 14.1 Å². The predicted molar refractivity (Wildman–Crippen MR) is 74.1 cm³/mol. The molecule has 7 heteroatoms. The molecule has 4 nitrogen and oxygen atoms in total. The van der Waals surface area contributed by atoms with Crippen LogP contribution in [-0.2, 0) is 5.88 Å². The molecule has 0 aliphatic heterocycles. The van der Waals surface area contributed by atoms with Crippen LogP contribution in [0.2, 0.25) is 5.02 Å². The Morgan fingerprint density at radius 2 is 1.95 bits per heavy atom. The Hall–Kier alpha value is -1.85. The fourth-order valence-corrected chi connectivity index (χ4v) is 1.95. The van der Waals surface area contributed by atoms with E-state index in [0.29, 0.717) is 16.3 Å². The van der Waals surface area contributed by atoms with E-state index in [1.807, 2.05) is 0 Å². The summed E-state index contributed by atoms with van der Waals surface area (Å²) in [7, 11) is 0. The van der Waals surface area contributed by atoms with Gasteiger partial charge in [-0.1, -0.05) is 17.7 Å². The molecule has 104 valence electrons. The number of nitro benzene ring substituents is 1. The number of nitrogens with zero attached hydrogens (tertiary/aromatic N) is 1. The van der Waals surface area contributed by atoms with Crippen LogP contribution in [0.15, 0.2) is 36.4 Å².